The van der Waals surface area contributed by atoms with Crippen LogP contribution in [0.4, 0.5) is 4.39 Å². The molecular weight excluding hydrogens is 319 g/mol. The number of hydrogen-bond acceptors (Lipinski definition) is 4. The molecule has 1 aliphatic rings. The SMILES string of the molecule is CS(=O)(=O)CCC(=O)N1CCN(CCc2ccc(F)cc2)CC1. The lowest BCUT2D eigenvalue weighted by molar-refractivity contribution is -0.132. The average molecular weight is 342 g/mol. The van der Waals surface area contributed by atoms with Gasteiger partial charge in [-0.25, -0.2) is 12.8 Å². The number of hydrogen-bond donors (Lipinski definition) is 0. The summed E-state index contributed by atoms with van der Waals surface area (Å²) in [6, 6.07) is 6.52. The lowest BCUT2D eigenvalue weighted by Crippen LogP contribution is -2.49. The van der Waals surface area contributed by atoms with E-state index in [0.717, 1.165) is 37.9 Å². The van der Waals surface area contributed by atoms with E-state index in [2.05, 4.69) is 4.90 Å². The Kier molecular flexibility index (Phi) is 6.12. The minimum Gasteiger partial charge on any atom is -0.340 e. The fourth-order valence-electron chi connectivity index (χ4n) is 2.59. The van der Waals surface area contributed by atoms with E-state index in [0.29, 0.717) is 13.1 Å². The number of carbonyl (C=O) groups excluding carboxylic acids is 1. The molecule has 7 heteroatoms. The van der Waals surface area contributed by atoms with Crippen LogP contribution < -0.4 is 0 Å². The molecule has 1 aromatic rings. The zero-order valence-corrected chi connectivity index (χ0v) is 14.2. The van der Waals surface area contributed by atoms with Gasteiger partial charge in [-0.3, -0.25) is 9.69 Å². The summed E-state index contributed by atoms with van der Waals surface area (Å²) < 4.78 is 35.1. The number of halogens is 1. The molecule has 128 valence electrons. The standard InChI is InChI=1S/C16H23FN2O3S/c1-23(21,22)13-7-16(20)19-11-9-18(10-12-19)8-6-14-2-4-15(17)5-3-14/h2-5H,6-13H2,1H3. The molecular formula is C16H23FN2O3S. The Morgan fingerprint density at radius 2 is 1.74 bits per heavy atom. The van der Waals surface area contributed by atoms with Gasteiger partial charge < -0.3 is 4.90 Å². The van der Waals surface area contributed by atoms with Crippen molar-refractivity contribution in [3.8, 4) is 0 Å². The Hall–Kier alpha value is -1.47. The topological polar surface area (TPSA) is 57.7 Å². The Balaban J connectivity index is 1.71. The van der Waals surface area contributed by atoms with Crippen LogP contribution in [0.1, 0.15) is 12.0 Å². The molecule has 1 saturated heterocycles. The highest BCUT2D eigenvalue weighted by molar-refractivity contribution is 7.90. The van der Waals surface area contributed by atoms with Crippen LogP contribution in [-0.4, -0.2) is 68.9 Å². The molecule has 0 bridgehead atoms. The van der Waals surface area contributed by atoms with Gasteiger partial charge in [0.25, 0.3) is 0 Å². The Labute approximate surface area is 137 Å². The third-order valence-electron chi connectivity index (χ3n) is 4.04. The van der Waals surface area contributed by atoms with Crippen molar-refractivity contribution < 1.29 is 17.6 Å². The van der Waals surface area contributed by atoms with Crippen LogP contribution in [-0.2, 0) is 21.1 Å². The summed E-state index contributed by atoms with van der Waals surface area (Å²) in [5, 5.41) is 0. The molecule has 23 heavy (non-hydrogen) atoms. The van der Waals surface area contributed by atoms with Crippen molar-refractivity contribution in [2.24, 2.45) is 0 Å². The number of benzene rings is 1. The van der Waals surface area contributed by atoms with Gasteiger partial charge in [-0.05, 0) is 24.1 Å². The van der Waals surface area contributed by atoms with E-state index in [-0.39, 0.29) is 23.9 Å². The third-order valence-corrected chi connectivity index (χ3v) is 4.99. The molecule has 0 atom stereocenters. The molecule has 0 radical (unpaired) electrons. The first-order valence-electron chi connectivity index (χ1n) is 7.76. The van der Waals surface area contributed by atoms with Crippen LogP contribution >= 0.6 is 0 Å². The fraction of sp³-hybridized carbons (Fsp3) is 0.562. The second-order valence-corrected chi connectivity index (χ2v) is 8.24. The van der Waals surface area contributed by atoms with Gasteiger partial charge in [0.2, 0.25) is 5.91 Å². The van der Waals surface area contributed by atoms with Crippen LogP contribution in [0, 0.1) is 5.82 Å². The molecule has 5 nitrogen and oxygen atoms in total. The zero-order chi connectivity index (χ0) is 16.9. The molecule has 0 N–H and O–H groups in total. The molecule has 0 spiro atoms. The Bertz CT molecular complexity index is 623. The van der Waals surface area contributed by atoms with E-state index in [1.165, 1.54) is 12.1 Å². The maximum atomic E-state index is 12.9. The molecule has 1 heterocycles. The van der Waals surface area contributed by atoms with Gasteiger partial charge in [-0.1, -0.05) is 12.1 Å². The molecule has 0 aliphatic carbocycles. The first kappa shape index (κ1) is 17.9. The maximum absolute atomic E-state index is 12.9. The van der Waals surface area contributed by atoms with Gasteiger partial charge in [-0.2, -0.15) is 0 Å². The minimum atomic E-state index is -3.10. The summed E-state index contributed by atoms with van der Waals surface area (Å²) >= 11 is 0. The smallest absolute Gasteiger partial charge is 0.223 e. The van der Waals surface area contributed by atoms with Gasteiger partial charge in [0.15, 0.2) is 0 Å². The minimum absolute atomic E-state index is 0.0639. The summed E-state index contributed by atoms with van der Waals surface area (Å²) in [7, 11) is -3.10. The van der Waals surface area contributed by atoms with Gasteiger partial charge in [0.05, 0.1) is 5.75 Å². The van der Waals surface area contributed by atoms with Crippen molar-refractivity contribution in [1.82, 2.24) is 9.80 Å². The van der Waals surface area contributed by atoms with E-state index in [4.69, 9.17) is 0 Å². The van der Waals surface area contributed by atoms with Crippen molar-refractivity contribution >= 4 is 15.7 Å². The van der Waals surface area contributed by atoms with Crippen molar-refractivity contribution in [3.63, 3.8) is 0 Å². The van der Waals surface area contributed by atoms with E-state index in [1.54, 1.807) is 17.0 Å². The van der Waals surface area contributed by atoms with Crippen molar-refractivity contribution in [2.45, 2.75) is 12.8 Å². The quantitative estimate of drug-likeness (QED) is 0.772. The summed E-state index contributed by atoms with van der Waals surface area (Å²) in [5.74, 6) is -0.403. The van der Waals surface area contributed by atoms with E-state index >= 15 is 0 Å². The first-order valence-corrected chi connectivity index (χ1v) is 9.82. The van der Waals surface area contributed by atoms with E-state index in [9.17, 15) is 17.6 Å². The van der Waals surface area contributed by atoms with Crippen molar-refractivity contribution in [3.05, 3.63) is 35.6 Å². The number of carbonyl (C=O) groups is 1. The largest absolute Gasteiger partial charge is 0.340 e. The number of rotatable bonds is 6. The monoisotopic (exact) mass is 342 g/mol. The molecule has 1 aliphatic heterocycles. The number of amides is 1. The number of piperazine rings is 1. The van der Waals surface area contributed by atoms with Gasteiger partial charge in [0, 0.05) is 45.4 Å². The maximum Gasteiger partial charge on any atom is 0.223 e. The van der Waals surface area contributed by atoms with E-state index < -0.39 is 9.84 Å². The number of sulfone groups is 1. The summed E-state index contributed by atoms with van der Waals surface area (Å²) in [5.41, 5.74) is 1.10. The van der Waals surface area contributed by atoms with Crippen LogP contribution in [0.5, 0.6) is 0 Å². The molecule has 1 amide bonds. The lowest BCUT2D eigenvalue weighted by Gasteiger charge is -2.34. The lowest BCUT2D eigenvalue weighted by atomic mass is 10.1. The molecule has 0 aromatic heterocycles. The van der Waals surface area contributed by atoms with Gasteiger partial charge in [-0.15, -0.1) is 0 Å². The molecule has 1 aromatic carbocycles. The molecule has 0 saturated carbocycles. The predicted octanol–water partition coefficient (Wildman–Crippen LogP) is 0.947. The molecule has 2 rings (SSSR count). The third kappa shape index (κ3) is 6.27. The van der Waals surface area contributed by atoms with E-state index in [1.807, 2.05) is 0 Å². The Morgan fingerprint density at radius 1 is 1.13 bits per heavy atom. The predicted molar refractivity (Wildman–Crippen MR) is 87.5 cm³/mol. The van der Waals surface area contributed by atoms with Crippen LogP contribution in [0.3, 0.4) is 0 Å². The van der Waals surface area contributed by atoms with Gasteiger partial charge >= 0.3 is 0 Å². The van der Waals surface area contributed by atoms with Crippen LogP contribution in [0.2, 0.25) is 0 Å². The summed E-state index contributed by atoms with van der Waals surface area (Å²) in [4.78, 5) is 16.0. The Morgan fingerprint density at radius 3 is 2.30 bits per heavy atom. The second kappa shape index (κ2) is 7.88. The van der Waals surface area contributed by atoms with Crippen LogP contribution in [0.25, 0.3) is 0 Å². The fourth-order valence-corrected chi connectivity index (χ4v) is 3.14. The summed E-state index contributed by atoms with van der Waals surface area (Å²) in [6.07, 6.45) is 2.06. The molecule has 1 fully saturated rings. The highest BCUT2D eigenvalue weighted by Gasteiger charge is 2.21. The average Bonchev–Trinajstić information content (AvgIpc) is 2.52. The highest BCUT2D eigenvalue weighted by Crippen LogP contribution is 2.08. The normalized spacial score (nSPS) is 16.5. The van der Waals surface area contributed by atoms with Crippen LogP contribution in [0.15, 0.2) is 24.3 Å². The summed E-state index contributed by atoms with van der Waals surface area (Å²) in [6.45, 7) is 3.70. The zero-order valence-electron chi connectivity index (χ0n) is 13.4. The highest BCUT2D eigenvalue weighted by atomic mass is 32.2. The van der Waals surface area contributed by atoms with Crippen molar-refractivity contribution in [1.29, 1.82) is 0 Å². The second-order valence-electron chi connectivity index (χ2n) is 5.98. The van der Waals surface area contributed by atoms with Crippen molar-refractivity contribution in [2.75, 3.05) is 44.7 Å². The number of nitrogens with zero attached hydrogens (tertiary/aromatic N) is 2. The molecule has 0 unspecified atom stereocenters. The first-order chi connectivity index (χ1) is 10.8. The van der Waals surface area contributed by atoms with Gasteiger partial charge in [0.1, 0.15) is 15.7 Å².